The molecule has 0 aliphatic carbocycles. The molecule has 1 aromatic heterocycles. The van der Waals surface area contributed by atoms with Gasteiger partial charge in [0.15, 0.2) is 0 Å². The molecule has 6 nitrogen and oxygen atoms in total. The van der Waals surface area contributed by atoms with E-state index in [1.807, 2.05) is 13.0 Å². The smallest absolute Gasteiger partial charge is 0.145 e. The Bertz CT molecular complexity index is 353. The van der Waals surface area contributed by atoms with Crippen molar-refractivity contribution in [2.75, 3.05) is 36.9 Å². The lowest BCUT2D eigenvalue weighted by atomic mass is 10.4. The predicted molar refractivity (Wildman–Crippen MR) is 73.4 cm³/mol. The lowest BCUT2D eigenvalue weighted by molar-refractivity contribution is 0.352. The van der Waals surface area contributed by atoms with Crippen LogP contribution in [0.4, 0.5) is 11.6 Å². The third kappa shape index (κ3) is 3.54. The summed E-state index contributed by atoms with van der Waals surface area (Å²) in [5.41, 5.74) is 2.57. The number of anilines is 2. The molecule has 0 bridgehead atoms. The van der Waals surface area contributed by atoms with E-state index in [9.17, 15) is 0 Å². The van der Waals surface area contributed by atoms with Crippen LogP contribution in [0.1, 0.15) is 25.6 Å². The lowest BCUT2D eigenvalue weighted by Crippen LogP contribution is -2.26. The number of hydrazine groups is 1. The first-order valence-electron chi connectivity index (χ1n) is 6.62. The molecule has 100 valence electrons. The van der Waals surface area contributed by atoms with Crippen molar-refractivity contribution in [3.8, 4) is 0 Å². The van der Waals surface area contributed by atoms with Crippen molar-refractivity contribution in [2.45, 2.75) is 26.2 Å². The van der Waals surface area contributed by atoms with E-state index in [0.29, 0.717) is 5.82 Å². The van der Waals surface area contributed by atoms with E-state index in [1.165, 1.54) is 25.9 Å². The van der Waals surface area contributed by atoms with Gasteiger partial charge in [0.05, 0.1) is 0 Å². The Hall–Kier alpha value is -1.40. The number of nitrogens with one attached hydrogen (secondary N) is 2. The number of aryl methyl sites for hydroxylation is 1. The van der Waals surface area contributed by atoms with Crippen LogP contribution in [-0.4, -0.2) is 41.0 Å². The molecule has 2 rings (SSSR count). The normalized spacial score (nSPS) is 15.9. The first-order chi connectivity index (χ1) is 8.81. The Labute approximate surface area is 108 Å². The third-order valence-corrected chi connectivity index (χ3v) is 3.17. The highest BCUT2D eigenvalue weighted by Gasteiger charge is 2.10. The van der Waals surface area contributed by atoms with Crippen LogP contribution in [0.2, 0.25) is 0 Å². The van der Waals surface area contributed by atoms with E-state index in [-0.39, 0.29) is 0 Å². The SMILES string of the molecule is CCc1nc(NN)cc(NCCN2CCCC2)n1. The van der Waals surface area contributed by atoms with Gasteiger partial charge in [0, 0.05) is 25.6 Å². The molecule has 1 saturated heterocycles. The van der Waals surface area contributed by atoms with Gasteiger partial charge < -0.3 is 15.6 Å². The molecule has 1 fully saturated rings. The maximum absolute atomic E-state index is 5.39. The number of rotatable bonds is 6. The highest BCUT2D eigenvalue weighted by molar-refractivity contribution is 5.46. The second-order valence-electron chi connectivity index (χ2n) is 4.53. The van der Waals surface area contributed by atoms with E-state index in [2.05, 4.69) is 25.6 Å². The minimum absolute atomic E-state index is 0.658. The quantitative estimate of drug-likeness (QED) is 0.513. The number of aromatic nitrogens is 2. The standard InChI is InChI=1S/C12H22N6/c1-2-10-15-11(9-12(16-10)17-13)14-5-8-18-6-3-4-7-18/h9H,2-8,13H2,1H3,(H2,14,15,16,17). The van der Waals surface area contributed by atoms with Crippen LogP contribution in [0, 0.1) is 0 Å². The van der Waals surface area contributed by atoms with Gasteiger partial charge in [-0.05, 0) is 25.9 Å². The van der Waals surface area contributed by atoms with E-state index in [4.69, 9.17) is 5.84 Å². The Morgan fingerprint density at radius 3 is 2.67 bits per heavy atom. The molecule has 0 atom stereocenters. The lowest BCUT2D eigenvalue weighted by Gasteiger charge is -2.15. The molecule has 18 heavy (non-hydrogen) atoms. The Morgan fingerprint density at radius 1 is 1.28 bits per heavy atom. The molecular weight excluding hydrogens is 228 g/mol. The fraction of sp³-hybridized carbons (Fsp3) is 0.667. The summed E-state index contributed by atoms with van der Waals surface area (Å²) in [5, 5.41) is 3.33. The van der Waals surface area contributed by atoms with Crippen LogP contribution in [0.25, 0.3) is 0 Å². The average Bonchev–Trinajstić information content (AvgIpc) is 2.91. The monoisotopic (exact) mass is 250 g/mol. The van der Waals surface area contributed by atoms with Crippen molar-refractivity contribution >= 4 is 11.6 Å². The second-order valence-corrected chi connectivity index (χ2v) is 4.53. The van der Waals surface area contributed by atoms with Crippen molar-refractivity contribution in [1.29, 1.82) is 0 Å². The molecule has 0 aromatic carbocycles. The number of hydrogen-bond acceptors (Lipinski definition) is 6. The zero-order valence-corrected chi connectivity index (χ0v) is 10.9. The first kappa shape index (κ1) is 13.0. The molecule has 4 N–H and O–H groups in total. The predicted octanol–water partition coefficient (Wildman–Crippen LogP) is 0.832. The van der Waals surface area contributed by atoms with Crippen LogP contribution in [0.5, 0.6) is 0 Å². The zero-order valence-electron chi connectivity index (χ0n) is 10.9. The van der Waals surface area contributed by atoms with E-state index in [0.717, 1.165) is 31.2 Å². The maximum atomic E-state index is 5.39. The fourth-order valence-electron chi connectivity index (χ4n) is 2.17. The van der Waals surface area contributed by atoms with Crippen molar-refractivity contribution in [2.24, 2.45) is 5.84 Å². The Balaban J connectivity index is 1.87. The maximum Gasteiger partial charge on any atom is 0.145 e. The summed E-state index contributed by atoms with van der Waals surface area (Å²) in [6, 6.07) is 1.84. The molecule has 1 aromatic rings. The van der Waals surface area contributed by atoms with Crippen molar-refractivity contribution in [3.05, 3.63) is 11.9 Å². The van der Waals surface area contributed by atoms with Crippen molar-refractivity contribution < 1.29 is 0 Å². The van der Waals surface area contributed by atoms with Crippen LogP contribution in [0.3, 0.4) is 0 Å². The third-order valence-electron chi connectivity index (χ3n) is 3.17. The molecule has 0 amide bonds. The van der Waals surface area contributed by atoms with Crippen molar-refractivity contribution in [1.82, 2.24) is 14.9 Å². The van der Waals surface area contributed by atoms with Gasteiger partial charge in [0.2, 0.25) is 0 Å². The largest absolute Gasteiger partial charge is 0.369 e. The van der Waals surface area contributed by atoms with Gasteiger partial charge in [-0.15, -0.1) is 0 Å². The summed E-state index contributed by atoms with van der Waals surface area (Å²) >= 11 is 0. The molecule has 0 spiro atoms. The molecular formula is C12H22N6. The van der Waals surface area contributed by atoms with E-state index >= 15 is 0 Å². The van der Waals surface area contributed by atoms with Gasteiger partial charge in [0.1, 0.15) is 17.5 Å². The molecule has 6 heteroatoms. The molecule has 0 unspecified atom stereocenters. The fourth-order valence-corrected chi connectivity index (χ4v) is 2.17. The highest BCUT2D eigenvalue weighted by atomic mass is 15.3. The van der Waals surface area contributed by atoms with Gasteiger partial charge >= 0.3 is 0 Å². The van der Waals surface area contributed by atoms with Gasteiger partial charge in [-0.2, -0.15) is 0 Å². The number of nitrogens with two attached hydrogens (primary N) is 1. The molecule has 0 radical (unpaired) electrons. The number of hydrogen-bond donors (Lipinski definition) is 3. The minimum Gasteiger partial charge on any atom is -0.369 e. The van der Waals surface area contributed by atoms with Crippen LogP contribution in [-0.2, 0) is 6.42 Å². The number of nitrogens with zero attached hydrogens (tertiary/aromatic N) is 3. The van der Waals surface area contributed by atoms with E-state index in [1.54, 1.807) is 0 Å². The summed E-state index contributed by atoms with van der Waals surface area (Å²) in [6.07, 6.45) is 3.46. The summed E-state index contributed by atoms with van der Waals surface area (Å²) in [6.45, 7) is 6.45. The topological polar surface area (TPSA) is 79.1 Å². The average molecular weight is 250 g/mol. The van der Waals surface area contributed by atoms with Crippen LogP contribution >= 0.6 is 0 Å². The molecule has 2 heterocycles. The van der Waals surface area contributed by atoms with Crippen molar-refractivity contribution in [3.63, 3.8) is 0 Å². The Morgan fingerprint density at radius 2 is 2.00 bits per heavy atom. The zero-order chi connectivity index (χ0) is 12.8. The van der Waals surface area contributed by atoms with Gasteiger partial charge in [-0.1, -0.05) is 6.92 Å². The number of likely N-dealkylation sites (tertiary alicyclic amines) is 1. The second kappa shape index (κ2) is 6.51. The van der Waals surface area contributed by atoms with Crippen LogP contribution < -0.4 is 16.6 Å². The summed E-state index contributed by atoms with van der Waals surface area (Å²) in [7, 11) is 0. The van der Waals surface area contributed by atoms with Gasteiger partial charge in [-0.25, -0.2) is 15.8 Å². The molecule has 1 aliphatic heterocycles. The van der Waals surface area contributed by atoms with Gasteiger partial charge in [0.25, 0.3) is 0 Å². The minimum atomic E-state index is 0.658. The van der Waals surface area contributed by atoms with Gasteiger partial charge in [-0.3, -0.25) is 0 Å². The Kier molecular flexibility index (Phi) is 4.72. The molecule has 0 saturated carbocycles. The summed E-state index contributed by atoms with van der Waals surface area (Å²) in [4.78, 5) is 11.2. The summed E-state index contributed by atoms with van der Waals surface area (Å²) in [5.74, 6) is 7.69. The van der Waals surface area contributed by atoms with E-state index < -0.39 is 0 Å². The summed E-state index contributed by atoms with van der Waals surface area (Å²) < 4.78 is 0. The highest BCUT2D eigenvalue weighted by Crippen LogP contribution is 2.11. The van der Waals surface area contributed by atoms with Crippen LogP contribution in [0.15, 0.2) is 6.07 Å². The molecule has 1 aliphatic rings. The number of nitrogen functional groups attached to an aromatic ring is 1. The first-order valence-corrected chi connectivity index (χ1v) is 6.62.